The Morgan fingerprint density at radius 1 is 0.787 bits per heavy atom. The smallest absolute Gasteiger partial charge is 0.302 e. The normalized spacial score (nSPS) is 34.6. The van der Waals surface area contributed by atoms with Crippen LogP contribution >= 0.6 is 0 Å². The lowest BCUT2D eigenvalue weighted by Gasteiger charge is -2.50. The van der Waals surface area contributed by atoms with Gasteiger partial charge >= 0.3 is 5.97 Å². The Labute approximate surface area is 284 Å². The number of epoxide rings is 1. The van der Waals surface area contributed by atoms with Crippen molar-refractivity contribution in [2.24, 2.45) is 16.7 Å². The van der Waals surface area contributed by atoms with Gasteiger partial charge in [-0.1, -0.05) is 105 Å². The van der Waals surface area contributed by atoms with Gasteiger partial charge in [-0.15, -0.1) is 0 Å². The molecule has 2 saturated carbocycles. The molecule has 2 aliphatic carbocycles. The van der Waals surface area contributed by atoms with E-state index in [1.165, 1.54) is 12.5 Å². The summed E-state index contributed by atoms with van der Waals surface area (Å²) >= 11 is 0. The molecule has 3 fully saturated rings. The molecule has 0 bridgehead atoms. The van der Waals surface area contributed by atoms with E-state index in [-0.39, 0.29) is 40.7 Å². The second-order valence-electron chi connectivity index (χ2n) is 16.2. The van der Waals surface area contributed by atoms with Crippen molar-refractivity contribution in [3.8, 4) is 0 Å². The van der Waals surface area contributed by atoms with E-state index in [0.717, 1.165) is 24.0 Å². The topological polar surface area (TPSA) is 96.4 Å². The highest BCUT2D eigenvalue weighted by atomic mass is 16.6. The van der Waals surface area contributed by atoms with E-state index in [4.69, 9.17) is 9.47 Å². The molecule has 0 aromatic rings. The number of ketones is 1. The third-order valence-electron chi connectivity index (χ3n) is 10.7. The van der Waals surface area contributed by atoms with Gasteiger partial charge in [-0.3, -0.25) is 9.59 Å². The van der Waals surface area contributed by atoms with Crippen LogP contribution in [0.2, 0.25) is 0 Å². The molecule has 47 heavy (non-hydrogen) atoms. The van der Waals surface area contributed by atoms with Gasteiger partial charge < -0.3 is 19.7 Å². The summed E-state index contributed by atoms with van der Waals surface area (Å²) in [4.78, 5) is 24.6. The fraction of sp³-hybridized carbons (Fsp3) is 0.610. The van der Waals surface area contributed by atoms with Crippen LogP contribution in [0.15, 0.2) is 83.1 Å². The zero-order valence-electron chi connectivity index (χ0n) is 30.8. The highest BCUT2D eigenvalue weighted by molar-refractivity contribution is 5.96. The minimum absolute atomic E-state index is 0.0586. The molecular weight excluding hydrogens is 588 g/mol. The molecule has 2 N–H and O–H groups in total. The molecule has 6 heteroatoms. The third-order valence-corrected chi connectivity index (χ3v) is 10.7. The summed E-state index contributed by atoms with van der Waals surface area (Å²) in [5.74, 6) is -0.153. The van der Waals surface area contributed by atoms with E-state index in [0.29, 0.717) is 31.3 Å². The number of allylic oxidation sites excluding steroid dienone is 14. The summed E-state index contributed by atoms with van der Waals surface area (Å²) < 4.78 is 11.6. The van der Waals surface area contributed by atoms with Crippen LogP contribution in [0.25, 0.3) is 0 Å². The minimum atomic E-state index is -0.916. The van der Waals surface area contributed by atoms with Crippen LogP contribution in [-0.4, -0.2) is 51.0 Å². The number of Topliss-reactive ketones (excluding diaryl/α,β-unsaturated/α-hetero) is 1. The van der Waals surface area contributed by atoms with Crippen LogP contribution in [0.3, 0.4) is 0 Å². The lowest BCUT2D eigenvalue weighted by molar-refractivity contribution is -0.168. The van der Waals surface area contributed by atoms with Gasteiger partial charge in [0, 0.05) is 26.2 Å². The van der Waals surface area contributed by atoms with E-state index >= 15 is 0 Å². The van der Waals surface area contributed by atoms with Gasteiger partial charge in [0.25, 0.3) is 0 Å². The number of esters is 1. The molecule has 3 aliphatic rings. The molecule has 1 unspecified atom stereocenters. The van der Waals surface area contributed by atoms with Gasteiger partial charge in [-0.05, 0) is 83.1 Å². The van der Waals surface area contributed by atoms with Crippen molar-refractivity contribution >= 4 is 11.8 Å². The molecule has 0 spiro atoms. The van der Waals surface area contributed by atoms with E-state index in [2.05, 4.69) is 65.8 Å². The number of aliphatic hydroxyl groups excluding tert-OH is 1. The van der Waals surface area contributed by atoms with E-state index in [1.54, 1.807) is 0 Å². The maximum Gasteiger partial charge on any atom is 0.302 e. The van der Waals surface area contributed by atoms with Crippen molar-refractivity contribution < 1.29 is 29.3 Å². The van der Waals surface area contributed by atoms with Crippen LogP contribution in [-0.2, 0) is 19.1 Å². The van der Waals surface area contributed by atoms with Gasteiger partial charge in [0.05, 0.1) is 17.3 Å². The second-order valence-corrected chi connectivity index (χ2v) is 16.2. The fourth-order valence-corrected chi connectivity index (χ4v) is 8.30. The first-order valence-corrected chi connectivity index (χ1v) is 17.1. The van der Waals surface area contributed by atoms with Gasteiger partial charge in [0.1, 0.15) is 11.7 Å². The molecular formula is C41H60O6. The zero-order valence-corrected chi connectivity index (χ0v) is 30.8. The number of aliphatic hydroxyl groups is 2. The number of carbonyl (C=O) groups is 2. The summed E-state index contributed by atoms with van der Waals surface area (Å²) in [6, 6.07) is 0. The lowest BCUT2D eigenvalue weighted by Crippen LogP contribution is -2.52. The Hall–Kier alpha value is -2.80. The first kappa shape index (κ1) is 38.6. The molecule has 1 heterocycles. The van der Waals surface area contributed by atoms with Crippen LogP contribution < -0.4 is 0 Å². The second kappa shape index (κ2) is 14.8. The summed E-state index contributed by atoms with van der Waals surface area (Å²) in [6.07, 6.45) is 23.0. The Kier molecular flexibility index (Phi) is 12.1. The standard InChI is InChI=1S/C41H60O6/c1-28(18-14-20-30(3)22-36-37(6,7)25-34(46-32(5)42)26-39(36,10)45)16-12-13-17-29(2)19-15-21-31(4)35(44)27-41-38(8,9)23-33(43)24-40(41,11)47-41/h12-21,33-34,36,43,45H,22-27H2,1-11H3/b13-12+,18-14+,19-15+,28-16+,29-17+,30-20+,31-21+/t33-,34-,36?,39+,40+,41-/m0/s1. The van der Waals surface area contributed by atoms with Crippen molar-refractivity contribution in [3.63, 3.8) is 0 Å². The number of ether oxygens (including phenoxy) is 2. The highest BCUT2D eigenvalue weighted by Crippen LogP contribution is 2.67. The molecule has 0 aromatic heterocycles. The summed E-state index contributed by atoms with van der Waals surface area (Å²) in [6.45, 7) is 21.8. The molecule has 1 aliphatic heterocycles. The lowest BCUT2D eigenvalue weighted by atomic mass is 9.59. The van der Waals surface area contributed by atoms with E-state index in [9.17, 15) is 19.8 Å². The molecule has 6 atom stereocenters. The highest BCUT2D eigenvalue weighted by Gasteiger charge is 2.76. The summed E-state index contributed by atoms with van der Waals surface area (Å²) in [7, 11) is 0. The molecule has 0 radical (unpaired) electrons. The molecule has 260 valence electrons. The van der Waals surface area contributed by atoms with Crippen molar-refractivity contribution in [1.29, 1.82) is 0 Å². The Morgan fingerprint density at radius 3 is 1.89 bits per heavy atom. The molecule has 0 amide bonds. The van der Waals surface area contributed by atoms with Crippen LogP contribution in [0.4, 0.5) is 0 Å². The SMILES string of the molecule is CC(=O)O[C@H]1CC(C)(C)C(C/C(C)=C/C=C/C(C)=C/C=C/C=C(C)/C=C/C=C(\C)C(=O)C[C@@]23O[C@]2(C)C[C@@H](O)CC3(C)C)[C@](C)(O)C1. The number of rotatable bonds is 12. The number of carbonyl (C=O) groups excluding carboxylic acids is 2. The van der Waals surface area contributed by atoms with Crippen molar-refractivity contribution in [2.45, 2.75) is 144 Å². The first-order chi connectivity index (χ1) is 21.6. The monoisotopic (exact) mass is 648 g/mol. The van der Waals surface area contributed by atoms with Gasteiger partial charge in [-0.2, -0.15) is 0 Å². The molecule has 0 aromatic carbocycles. The van der Waals surface area contributed by atoms with Crippen molar-refractivity contribution in [3.05, 3.63) is 83.1 Å². The average molecular weight is 649 g/mol. The quantitative estimate of drug-likeness (QED) is 0.0952. The van der Waals surface area contributed by atoms with Crippen LogP contribution in [0.5, 0.6) is 0 Å². The zero-order chi connectivity index (χ0) is 35.4. The average Bonchev–Trinajstić information content (AvgIpc) is 3.52. The predicted molar refractivity (Wildman–Crippen MR) is 191 cm³/mol. The number of hydrogen-bond donors (Lipinski definition) is 2. The maximum absolute atomic E-state index is 13.1. The first-order valence-electron chi connectivity index (χ1n) is 17.1. The Balaban J connectivity index is 1.50. The Morgan fingerprint density at radius 2 is 1.36 bits per heavy atom. The molecule has 1 saturated heterocycles. The molecule has 3 rings (SSSR count). The van der Waals surface area contributed by atoms with E-state index in [1.807, 2.05) is 64.2 Å². The molecule has 6 nitrogen and oxygen atoms in total. The third kappa shape index (κ3) is 9.64. The van der Waals surface area contributed by atoms with E-state index < -0.39 is 16.8 Å². The van der Waals surface area contributed by atoms with Gasteiger partial charge in [0.15, 0.2) is 5.78 Å². The van der Waals surface area contributed by atoms with Crippen LogP contribution in [0.1, 0.15) is 115 Å². The van der Waals surface area contributed by atoms with Crippen LogP contribution in [0, 0.1) is 16.7 Å². The van der Waals surface area contributed by atoms with Gasteiger partial charge in [-0.25, -0.2) is 0 Å². The Bertz CT molecular complexity index is 1380. The summed E-state index contributed by atoms with van der Waals surface area (Å²) in [5.41, 5.74) is 1.81. The number of hydrogen-bond acceptors (Lipinski definition) is 6. The van der Waals surface area contributed by atoms with Gasteiger partial charge in [0.2, 0.25) is 0 Å². The van der Waals surface area contributed by atoms with Crippen molar-refractivity contribution in [2.75, 3.05) is 0 Å². The minimum Gasteiger partial charge on any atom is -0.462 e. The largest absolute Gasteiger partial charge is 0.462 e. The summed E-state index contributed by atoms with van der Waals surface area (Å²) in [5, 5.41) is 21.5. The maximum atomic E-state index is 13.1. The fourth-order valence-electron chi connectivity index (χ4n) is 8.30. The number of fused-ring (bicyclic) bond motifs is 1. The van der Waals surface area contributed by atoms with Crippen molar-refractivity contribution in [1.82, 2.24) is 0 Å². The predicted octanol–water partition coefficient (Wildman–Crippen LogP) is 8.62.